The Morgan fingerprint density at radius 1 is 1.57 bits per heavy atom. The van der Waals surface area contributed by atoms with E-state index in [1.165, 1.54) is 0 Å². The molecule has 1 aromatic rings. The molecule has 0 aliphatic carbocycles. The third kappa shape index (κ3) is 3.81. The van der Waals surface area contributed by atoms with Crippen LogP contribution in [-0.4, -0.2) is 17.8 Å². The van der Waals surface area contributed by atoms with Gasteiger partial charge in [0.1, 0.15) is 18.5 Å². The molecular weight excluding hydrogens is 200 g/mol. The van der Waals surface area contributed by atoms with Crippen LogP contribution in [0.25, 0.3) is 0 Å². The molecule has 1 aromatic carbocycles. The zero-order chi connectivity index (χ0) is 10.4. The molecule has 0 heterocycles. The van der Waals surface area contributed by atoms with Gasteiger partial charge in [0.25, 0.3) is 0 Å². The van der Waals surface area contributed by atoms with Crippen molar-refractivity contribution in [3.05, 3.63) is 41.4 Å². The Hall–Kier alpha value is -0.990. The van der Waals surface area contributed by atoms with Crippen LogP contribution < -0.4 is 4.74 Å². The lowest BCUT2D eigenvalue weighted by Crippen LogP contribution is -2.14. The molecule has 1 unspecified atom stereocenters. The van der Waals surface area contributed by atoms with Crippen LogP contribution in [0.5, 0.6) is 5.75 Å². The summed E-state index contributed by atoms with van der Waals surface area (Å²) in [5.41, 5.74) is 0. The van der Waals surface area contributed by atoms with Gasteiger partial charge in [-0.3, -0.25) is 0 Å². The summed E-state index contributed by atoms with van der Waals surface area (Å²) in [5, 5.41) is 9.96. The molecule has 0 aliphatic heterocycles. The van der Waals surface area contributed by atoms with Crippen LogP contribution in [0.1, 0.15) is 6.92 Å². The molecule has 2 nitrogen and oxygen atoms in total. The van der Waals surface area contributed by atoms with Crippen molar-refractivity contribution in [3.63, 3.8) is 0 Å². The van der Waals surface area contributed by atoms with Gasteiger partial charge in [0.2, 0.25) is 0 Å². The zero-order valence-electron chi connectivity index (χ0n) is 7.98. The Kier molecular flexibility index (Phi) is 4.50. The van der Waals surface area contributed by atoms with Gasteiger partial charge < -0.3 is 9.84 Å². The highest BCUT2D eigenvalue weighted by atomic mass is 35.5. The van der Waals surface area contributed by atoms with E-state index in [0.29, 0.717) is 10.8 Å². The van der Waals surface area contributed by atoms with E-state index < -0.39 is 6.10 Å². The standard InChI is InChI=1S/C11H13ClO2/c1-2-4-10(13)8-14-11-6-3-5-9(12)7-11/h2-7,10,13H,8H2,1H3. The largest absolute Gasteiger partial charge is 0.491 e. The minimum absolute atomic E-state index is 0.241. The molecule has 3 heteroatoms. The van der Waals surface area contributed by atoms with E-state index in [-0.39, 0.29) is 6.61 Å². The third-order valence-electron chi connectivity index (χ3n) is 1.63. The van der Waals surface area contributed by atoms with Crippen LogP contribution in [-0.2, 0) is 0 Å². The second-order valence-corrected chi connectivity index (χ2v) is 3.30. The first kappa shape index (κ1) is 11.1. The highest BCUT2D eigenvalue weighted by Crippen LogP contribution is 2.17. The molecule has 0 aromatic heterocycles. The van der Waals surface area contributed by atoms with Crippen molar-refractivity contribution < 1.29 is 9.84 Å². The molecule has 0 saturated carbocycles. The fraction of sp³-hybridized carbons (Fsp3) is 0.273. The van der Waals surface area contributed by atoms with E-state index in [0.717, 1.165) is 0 Å². The average Bonchev–Trinajstić information content (AvgIpc) is 2.15. The Bertz CT molecular complexity index is 310. The summed E-state index contributed by atoms with van der Waals surface area (Å²) >= 11 is 5.76. The van der Waals surface area contributed by atoms with Crippen molar-refractivity contribution in [2.45, 2.75) is 13.0 Å². The molecule has 0 bridgehead atoms. The van der Waals surface area contributed by atoms with Crippen LogP contribution in [0.15, 0.2) is 36.4 Å². The van der Waals surface area contributed by atoms with E-state index >= 15 is 0 Å². The molecule has 76 valence electrons. The minimum atomic E-state index is -0.570. The number of hydrogen-bond donors (Lipinski definition) is 1. The van der Waals surface area contributed by atoms with E-state index in [2.05, 4.69) is 0 Å². The highest BCUT2D eigenvalue weighted by molar-refractivity contribution is 6.30. The number of ether oxygens (including phenoxy) is 1. The normalized spacial score (nSPS) is 13.1. The van der Waals surface area contributed by atoms with Crippen LogP contribution in [0.2, 0.25) is 5.02 Å². The number of rotatable bonds is 4. The maximum atomic E-state index is 9.33. The van der Waals surface area contributed by atoms with Crippen molar-refractivity contribution in [1.29, 1.82) is 0 Å². The summed E-state index contributed by atoms with van der Waals surface area (Å²) in [6, 6.07) is 7.09. The Labute approximate surface area is 88.8 Å². The maximum absolute atomic E-state index is 9.33. The molecule has 0 amide bonds. The molecule has 0 fully saturated rings. The second kappa shape index (κ2) is 5.68. The van der Waals surface area contributed by atoms with Gasteiger partial charge in [0.05, 0.1) is 0 Å². The lowest BCUT2D eigenvalue weighted by Gasteiger charge is -2.08. The number of aliphatic hydroxyl groups is 1. The van der Waals surface area contributed by atoms with Crippen molar-refractivity contribution in [3.8, 4) is 5.75 Å². The number of aliphatic hydroxyl groups excluding tert-OH is 1. The molecule has 1 rings (SSSR count). The van der Waals surface area contributed by atoms with Crippen molar-refractivity contribution >= 4 is 11.6 Å². The lowest BCUT2D eigenvalue weighted by molar-refractivity contribution is 0.144. The van der Waals surface area contributed by atoms with E-state index in [1.807, 2.05) is 6.92 Å². The topological polar surface area (TPSA) is 29.5 Å². The van der Waals surface area contributed by atoms with Gasteiger partial charge in [-0.2, -0.15) is 0 Å². The lowest BCUT2D eigenvalue weighted by atomic mass is 10.3. The van der Waals surface area contributed by atoms with E-state index in [9.17, 15) is 5.11 Å². The van der Waals surface area contributed by atoms with Crippen molar-refractivity contribution in [2.75, 3.05) is 6.61 Å². The van der Waals surface area contributed by atoms with Crippen LogP contribution in [0, 0.1) is 0 Å². The Balaban J connectivity index is 2.45. The van der Waals surface area contributed by atoms with Gasteiger partial charge in [0.15, 0.2) is 0 Å². The van der Waals surface area contributed by atoms with Gasteiger partial charge >= 0.3 is 0 Å². The highest BCUT2D eigenvalue weighted by Gasteiger charge is 2.00. The summed E-state index contributed by atoms with van der Waals surface area (Å²) in [4.78, 5) is 0. The second-order valence-electron chi connectivity index (χ2n) is 2.86. The minimum Gasteiger partial charge on any atom is -0.491 e. The van der Waals surface area contributed by atoms with Gasteiger partial charge in [-0.05, 0) is 25.1 Å². The van der Waals surface area contributed by atoms with Crippen LogP contribution >= 0.6 is 11.6 Å². The first-order valence-electron chi connectivity index (χ1n) is 4.41. The van der Waals surface area contributed by atoms with Crippen LogP contribution in [0.3, 0.4) is 0 Å². The molecule has 0 saturated heterocycles. The smallest absolute Gasteiger partial charge is 0.120 e. The maximum Gasteiger partial charge on any atom is 0.120 e. The summed E-state index contributed by atoms with van der Waals surface area (Å²) in [6.45, 7) is 2.09. The zero-order valence-corrected chi connectivity index (χ0v) is 8.74. The first-order chi connectivity index (χ1) is 6.72. The van der Waals surface area contributed by atoms with Gasteiger partial charge in [-0.1, -0.05) is 29.8 Å². The summed E-state index contributed by atoms with van der Waals surface area (Å²) in [6.07, 6.45) is 2.88. The van der Waals surface area contributed by atoms with Crippen LogP contribution in [0.4, 0.5) is 0 Å². The number of benzene rings is 1. The fourth-order valence-corrected chi connectivity index (χ4v) is 1.20. The predicted molar refractivity (Wildman–Crippen MR) is 57.8 cm³/mol. The molecule has 14 heavy (non-hydrogen) atoms. The molecule has 0 spiro atoms. The molecule has 0 aliphatic rings. The number of halogens is 1. The number of allylic oxidation sites excluding steroid dienone is 1. The molecule has 0 radical (unpaired) electrons. The Morgan fingerprint density at radius 3 is 3.00 bits per heavy atom. The number of hydrogen-bond acceptors (Lipinski definition) is 2. The van der Waals surface area contributed by atoms with Gasteiger partial charge in [-0.15, -0.1) is 0 Å². The predicted octanol–water partition coefficient (Wildman–Crippen LogP) is 2.66. The van der Waals surface area contributed by atoms with Gasteiger partial charge in [0, 0.05) is 5.02 Å². The summed E-state index contributed by atoms with van der Waals surface area (Å²) in [7, 11) is 0. The fourth-order valence-electron chi connectivity index (χ4n) is 1.02. The first-order valence-corrected chi connectivity index (χ1v) is 4.79. The van der Waals surface area contributed by atoms with E-state index in [1.54, 1.807) is 36.4 Å². The third-order valence-corrected chi connectivity index (χ3v) is 1.87. The van der Waals surface area contributed by atoms with E-state index in [4.69, 9.17) is 16.3 Å². The summed E-state index contributed by atoms with van der Waals surface area (Å²) in [5.74, 6) is 0.668. The van der Waals surface area contributed by atoms with Crippen molar-refractivity contribution in [2.24, 2.45) is 0 Å². The SMILES string of the molecule is CC=CC(O)COc1cccc(Cl)c1. The molecule has 1 atom stereocenters. The molecular formula is C11H13ClO2. The average molecular weight is 213 g/mol. The summed E-state index contributed by atoms with van der Waals surface area (Å²) < 4.78 is 5.32. The van der Waals surface area contributed by atoms with Gasteiger partial charge in [-0.25, -0.2) is 0 Å². The monoisotopic (exact) mass is 212 g/mol. The van der Waals surface area contributed by atoms with Crippen molar-refractivity contribution in [1.82, 2.24) is 0 Å². The Morgan fingerprint density at radius 2 is 2.36 bits per heavy atom. The quantitative estimate of drug-likeness (QED) is 0.778. The molecule has 1 N–H and O–H groups in total.